The Balaban J connectivity index is 2.12. The van der Waals surface area contributed by atoms with Gasteiger partial charge in [-0.1, -0.05) is 0 Å². The molecular formula is C9H17NO4. The summed E-state index contributed by atoms with van der Waals surface area (Å²) in [4.78, 5) is 12.4. The van der Waals surface area contributed by atoms with Gasteiger partial charge in [0.1, 0.15) is 0 Å². The largest absolute Gasteiger partial charge is 0.481 e. The van der Waals surface area contributed by atoms with Crippen molar-refractivity contribution in [3.05, 3.63) is 0 Å². The molecule has 82 valence electrons. The second kappa shape index (κ2) is 4.72. The number of aliphatic carboxylic acids is 1. The monoisotopic (exact) mass is 203 g/mol. The third kappa shape index (κ3) is 2.67. The number of carboxylic acid groups (broad SMARTS) is 1. The summed E-state index contributed by atoms with van der Waals surface area (Å²) in [6.07, 6.45) is 0.905. The van der Waals surface area contributed by atoms with Gasteiger partial charge in [-0.2, -0.15) is 0 Å². The van der Waals surface area contributed by atoms with Crippen LogP contribution in [0.15, 0.2) is 0 Å². The second-order valence-electron chi connectivity index (χ2n) is 3.53. The quantitative estimate of drug-likeness (QED) is 0.623. The minimum atomic E-state index is -0.740. The van der Waals surface area contributed by atoms with Crippen molar-refractivity contribution < 1.29 is 19.4 Å². The van der Waals surface area contributed by atoms with Gasteiger partial charge in [0, 0.05) is 20.6 Å². The van der Waals surface area contributed by atoms with Gasteiger partial charge in [-0.3, -0.25) is 9.69 Å². The van der Waals surface area contributed by atoms with Crippen molar-refractivity contribution in [3.8, 4) is 0 Å². The first-order valence-corrected chi connectivity index (χ1v) is 4.66. The van der Waals surface area contributed by atoms with E-state index in [0.29, 0.717) is 6.42 Å². The summed E-state index contributed by atoms with van der Waals surface area (Å²) in [6.45, 7) is 2.24. The van der Waals surface area contributed by atoms with Gasteiger partial charge in [0.25, 0.3) is 0 Å². The highest BCUT2D eigenvalue weighted by atomic mass is 16.7. The fourth-order valence-electron chi connectivity index (χ4n) is 1.59. The molecule has 0 radical (unpaired) electrons. The molecule has 0 bridgehead atoms. The molecule has 5 heteroatoms. The molecule has 0 unspecified atom stereocenters. The SMILES string of the molecule is COC1(OC)CN(CCCC(=O)O)C1. The maximum Gasteiger partial charge on any atom is 0.303 e. The summed E-state index contributed by atoms with van der Waals surface area (Å²) in [5.74, 6) is -1.20. The molecule has 0 aliphatic carbocycles. The van der Waals surface area contributed by atoms with Crippen LogP contribution in [0.2, 0.25) is 0 Å². The number of carbonyl (C=O) groups is 1. The smallest absolute Gasteiger partial charge is 0.303 e. The summed E-state index contributed by atoms with van der Waals surface area (Å²) in [7, 11) is 3.25. The van der Waals surface area contributed by atoms with Gasteiger partial charge in [-0.25, -0.2) is 0 Å². The minimum absolute atomic E-state index is 0.226. The Hall–Kier alpha value is -0.650. The highest BCUT2D eigenvalue weighted by Gasteiger charge is 2.43. The van der Waals surface area contributed by atoms with E-state index in [-0.39, 0.29) is 6.42 Å². The summed E-state index contributed by atoms with van der Waals surface area (Å²) in [6, 6.07) is 0. The molecule has 0 saturated carbocycles. The lowest BCUT2D eigenvalue weighted by Crippen LogP contribution is -2.63. The van der Waals surface area contributed by atoms with Gasteiger partial charge in [-0.15, -0.1) is 0 Å². The van der Waals surface area contributed by atoms with Crippen molar-refractivity contribution in [3.63, 3.8) is 0 Å². The lowest BCUT2D eigenvalue weighted by atomic mass is 10.1. The number of hydrogen-bond acceptors (Lipinski definition) is 4. The van der Waals surface area contributed by atoms with Crippen LogP contribution in [0.1, 0.15) is 12.8 Å². The first-order valence-electron chi connectivity index (χ1n) is 4.66. The average molecular weight is 203 g/mol. The van der Waals surface area contributed by atoms with Crippen molar-refractivity contribution in [2.24, 2.45) is 0 Å². The maximum atomic E-state index is 10.3. The van der Waals surface area contributed by atoms with Gasteiger partial charge in [-0.05, 0) is 13.0 Å². The summed E-state index contributed by atoms with van der Waals surface area (Å²) in [5, 5.41) is 8.44. The Morgan fingerprint density at radius 3 is 2.43 bits per heavy atom. The molecule has 1 heterocycles. The van der Waals surface area contributed by atoms with E-state index in [4.69, 9.17) is 14.6 Å². The van der Waals surface area contributed by atoms with Crippen LogP contribution in [0.25, 0.3) is 0 Å². The molecule has 1 N–H and O–H groups in total. The molecule has 0 atom stereocenters. The Kier molecular flexibility index (Phi) is 3.86. The molecule has 0 spiro atoms. The summed E-state index contributed by atoms with van der Waals surface area (Å²) < 4.78 is 10.4. The number of likely N-dealkylation sites (tertiary alicyclic amines) is 1. The zero-order chi connectivity index (χ0) is 10.6. The highest BCUT2D eigenvalue weighted by Crippen LogP contribution is 2.25. The Morgan fingerprint density at radius 2 is 2.00 bits per heavy atom. The molecule has 0 aromatic rings. The Bertz CT molecular complexity index is 195. The molecule has 0 amide bonds. The fourth-order valence-corrected chi connectivity index (χ4v) is 1.59. The predicted molar refractivity (Wildman–Crippen MR) is 50.1 cm³/mol. The van der Waals surface area contributed by atoms with Crippen molar-refractivity contribution in [1.82, 2.24) is 4.90 Å². The van der Waals surface area contributed by atoms with E-state index >= 15 is 0 Å². The van der Waals surface area contributed by atoms with Crippen molar-refractivity contribution in [2.75, 3.05) is 33.9 Å². The van der Waals surface area contributed by atoms with Crippen LogP contribution in [0.3, 0.4) is 0 Å². The van der Waals surface area contributed by atoms with Crippen LogP contribution in [-0.2, 0) is 14.3 Å². The normalized spacial score (nSPS) is 20.4. The maximum absolute atomic E-state index is 10.3. The zero-order valence-electron chi connectivity index (χ0n) is 8.65. The number of hydrogen-bond donors (Lipinski definition) is 1. The number of rotatable bonds is 6. The molecule has 0 aromatic carbocycles. The molecule has 0 aromatic heterocycles. The average Bonchev–Trinajstić information content (AvgIpc) is 2.09. The topological polar surface area (TPSA) is 59.0 Å². The van der Waals surface area contributed by atoms with Gasteiger partial charge in [0.2, 0.25) is 0 Å². The van der Waals surface area contributed by atoms with E-state index in [0.717, 1.165) is 19.6 Å². The third-order valence-corrected chi connectivity index (χ3v) is 2.54. The lowest BCUT2D eigenvalue weighted by Gasteiger charge is -2.47. The molecule has 5 nitrogen and oxygen atoms in total. The number of carboxylic acids is 1. The van der Waals surface area contributed by atoms with Crippen LogP contribution in [0.5, 0.6) is 0 Å². The molecular weight excluding hydrogens is 186 g/mol. The van der Waals surface area contributed by atoms with E-state index < -0.39 is 11.8 Å². The van der Waals surface area contributed by atoms with Crippen molar-refractivity contribution in [2.45, 2.75) is 18.6 Å². The first-order chi connectivity index (χ1) is 6.62. The number of methoxy groups -OCH3 is 2. The van der Waals surface area contributed by atoms with Crippen LogP contribution in [-0.4, -0.2) is 55.6 Å². The summed E-state index contributed by atoms with van der Waals surface area (Å²) >= 11 is 0. The number of ether oxygens (including phenoxy) is 2. The van der Waals surface area contributed by atoms with Gasteiger partial charge in [0.05, 0.1) is 13.1 Å². The molecule has 1 aliphatic heterocycles. The van der Waals surface area contributed by atoms with E-state index in [9.17, 15) is 4.79 Å². The predicted octanol–water partition coefficient (Wildman–Crippen LogP) is 0.156. The van der Waals surface area contributed by atoms with E-state index in [1.807, 2.05) is 0 Å². The molecule has 1 fully saturated rings. The molecule has 1 saturated heterocycles. The van der Waals surface area contributed by atoms with Gasteiger partial charge >= 0.3 is 5.97 Å². The first kappa shape index (κ1) is 11.4. The van der Waals surface area contributed by atoms with E-state index in [2.05, 4.69) is 4.90 Å². The van der Waals surface area contributed by atoms with Gasteiger partial charge in [0.15, 0.2) is 5.79 Å². The highest BCUT2D eigenvalue weighted by molar-refractivity contribution is 5.66. The molecule has 1 aliphatic rings. The minimum Gasteiger partial charge on any atom is -0.481 e. The van der Waals surface area contributed by atoms with E-state index in [1.165, 1.54) is 0 Å². The summed E-state index contributed by atoms with van der Waals surface area (Å²) in [5.41, 5.74) is 0. The fraction of sp³-hybridized carbons (Fsp3) is 0.889. The van der Waals surface area contributed by atoms with Gasteiger partial charge < -0.3 is 14.6 Å². The molecule has 14 heavy (non-hydrogen) atoms. The van der Waals surface area contributed by atoms with Crippen molar-refractivity contribution in [1.29, 1.82) is 0 Å². The standard InChI is InChI=1S/C9H17NO4/c1-13-9(14-2)6-10(7-9)5-3-4-8(11)12/h3-7H2,1-2H3,(H,11,12). The van der Waals surface area contributed by atoms with Crippen molar-refractivity contribution >= 4 is 5.97 Å². The van der Waals surface area contributed by atoms with E-state index in [1.54, 1.807) is 14.2 Å². The Labute approximate surface area is 83.6 Å². The Morgan fingerprint density at radius 1 is 1.43 bits per heavy atom. The van der Waals surface area contributed by atoms with Crippen LogP contribution in [0.4, 0.5) is 0 Å². The molecule has 1 rings (SSSR count). The van der Waals surface area contributed by atoms with Crippen LogP contribution < -0.4 is 0 Å². The second-order valence-corrected chi connectivity index (χ2v) is 3.53. The number of nitrogens with zero attached hydrogens (tertiary/aromatic N) is 1. The van der Waals surface area contributed by atoms with Crippen LogP contribution in [0, 0.1) is 0 Å². The lowest BCUT2D eigenvalue weighted by molar-refractivity contribution is -0.275. The zero-order valence-corrected chi connectivity index (χ0v) is 8.65. The third-order valence-electron chi connectivity index (χ3n) is 2.54. The van der Waals surface area contributed by atoms with Crippen LogP contribution >= 0.6 is 0 Å².